The van der Waals surface area contributed by atoms with Crippen LogP contribution in [0.4, 0.5) is 0 Å². The Balaban J connectivity index is 1.52. The summed E-state index contributed by atoms with van der Waals surface area (Å²) in [6, 6.07) is 11.3. The zero-order valence-corrected chi connectivity index (χ0v) is 14.4. The number of hydrogen-bond acceptors (Lipinski definition) is 7. The predicted octanol–water partition coefficient (Wildman–Crippen LogP) is 2.28. The Morgan fingerprint density at radius 1 is 1.28 bits per heavy atom. The number of rotatable bonds is 4. The number of esters is 1. The molecule has 0 saturated heterocycles. The second-order valence-electron chi connectivity index (χ2n) is 5.46. The highest BCUT2D eigenvalue weighted by molar-refractivity contribution is 7.20. The fraction of sp³-hybridized carbons (Fsp3) is 0.188. The van der Waals surface area contributed by atoms with Crippen LogP contribution in [0, 0.1) is 6.92 Å². The van der Waals surface area contributed by atoms with Gasteiger partial charge in [0.05, 0.1) is 11.4 Å². The van der Waals surface area contributed by atoms with Gasteiger partial charge in [0.25, 0.3) is 0 Å². The van der Waals surface area contributed by atoms with Gasteiger partial charge in [0.2, 0.25) is 0 Å². The van der Waals surface area contributed by atoms with Gasteiger partial charge in [-0.2, -0.15) is 9.78 Å². The molecule has 0 N–H and O–H groups in total. The number of para-hydroxylation sites is 1. The lowest BCUT2D eigenvalue weighted by atomic mass is 10.3. The molecule has 0 amide bonds. The van der Waals surface area contributed by atoms with Crippen LogP contribution in [-0.4, -0.2) is 36.0 Å². The van der Waals surface area contributed by atoms with Gasteiger partial charge in [0, 0.05) is 12.4 Å². The number of hydrogen-bond donors (Lipinski definition) is 0. The zero-order valence-electron chi connectivity index (χ0n) is 13.6. The first-order valence-electron chi connectivity index (χ1n) is 7.56. The van der Waals surface area contributed by atoms with Gasteiger partial charge < -0.3 is 4.74 Å². The van der Waals surface area contributed by atoms with Crippen molar-refractivity contribution in [1.82, 2.24) is 30.0 Å². The molecule has 0 aliphatic carbocycles. The number of nitrogens with zero attached hydrogens (tertiary/aromatic N) is 6. The van der Waals surface area contributed by atoms with Gasteiger partial charge in [-0.25, -0.2) is 4.79 Å². The van der Waals surface area contributed by atoms with Crippen molar-refractivity contribution in [2.24, 2.45) is 7.05 Å². The first-order valence-corrected chi connectivity index (χ1v) is 8.38. The number of thiophene rings is 1. The number of carbonyl (C=O) groups is 1. The number of ether oxygens (including phenoxy) is 1. The third-order valence-electron chi connectivity index (χ3n) is 3.76. The highest BCUT2D eigenvalue weighted by Gasteiger charge is 2.17. The maximum atomic E-state index is 12.4. The summed E-state index contributed by atoms with van der Waals surface area (Å²) >= 11 is 1.36. The molecule has 0 aliphatic heterocycles. The minimum atomic E-state index is -0.400. The third-order valence-corrected chi connectivity index (χ3v) is 4.95. The number of benzene rings is 1. The SMILES string of the molecule is Cc1nn(C)c2sc(C(=O)OCc3nnnn3-c3ccccc3)cc12. The lowest BCUT2D eigenvalue weighted by molar-refractivity contribution is 0.0465. The maximum Gasteiger partial charge on any atom is 0.348 e. The number of tetrazole rings is 1. The Morgan fingerprint density at radius 2 is 2.08 bits per heavy atom. The van der Waals surface area contributed by atoms with Gasteiger partial charge in [-0.3, -0.25) is 4.68 Å². The molecule has 0 bridgehead atoms. The van der Waals surface area contributed by atoms with E-state index in [-0.39, 0.29) is 6.61 Å². The molecule has 4 aromatic rings. The lowest BCUT2D eigenvalue weighted by Crippen LogP contribution is -2.09. The van der Waals surface area contributed by atoms with Crippen LogP contribution in [0.1, 0.15) is 21.2 Å². The minimum Gasteiger partial charge on any atom is -0.453 e. The molecule has 25 heavy (non-hydrogen) atoms. The molecule has 0 fully saturated rings. The van der Waals surface area contributed by atoms with Crippen LogP contribution in [0.3, 0.4) is 0 Å². The summed E-state index contributed by atoms with van der Waals surface area (Å²) in [5.41, 5.74) is 1.70. The summed E-state index contributed by atoms with van der Waals surface area (Å²) in [5.74, 6) is 0.0571. The van der Waals surface area contributed by atoms with Gasteiger partial charge in [-0.05, 0) is 35.5 Å². The molecular formula is C16H14N6O2S. The van der Waals surface area contributed by atoms with E-state index in [2.05, 4.69) is 20.6 Å². The van der Waals surface area contributed by atoms with E-state index < -0.39 is 5.97 Å². The average molecular weight is 354 g/mol. The number of carbonyl (C=O) groups excluding carboxylic acids is 1. The monoisotopic (exact) mass is 354 g/mol. The topological polar surface area (TPSA) is 87.7 Å². The fourth-order valence-electron chi connectivity index (χ4n) is 2.57. The normalized spacial score (nSPS) is 11.1. The van der Waals surface area contributed by atoms with E-state index in [1.807, 2.05) is 50.4 Å². The second kappa shape index (κ2) is 6.10. The quantitative estimate of drug-likeness (QED) is 0.523. The largest absolute Gasteiger partial charge is 0.453 e. The number of aryl methyl sites for hydroxylation is 2. The van der Waals surface area contributed by atoms with Gasteiger partial charge in [0.1, 0.15) is 9.71 Å². The van der Waals surface area contributed by atoms with E-state index in [4.69, 9.17) is 4.74 Å². The summed E-state index contributed by atoms with van der Waals surface area (Å²) < 4.78 is 8.71. The van der Waals surface area contributed by atoms with Crippen LogP contribution >= 0.6 is 11.3 Å². The van der Waals surface area contributed by atoms with Crippen molar-refractivity contribution in [3.05, 3.63) is 52.8 Å². The molecule has 0 radical (unpaired) electrons. The van der Waals surface area contributed by atoms with Crippen LogP contribution < -0.4 is 0 Å². The summed E-state index contributed by atoms with van der Waals surface area (Å²) in [4.78, 5) is 13.8. The van der Waals surface area contributed by atoms with Crippen LogP contribution in [0.5, 0.6) is 0 Å². The van der Waals surface area contributed by atoms with Gasteiger partial charge in [-0.15, -0.1) is 16.4 Å². The Morgan fingerprint density at radius 3 is 2.84 bits per heavy atom. The molecule has 0 aliphatic rings. The molecule has 4 rings (SSSR count). The van der Waals surface area contributed by atoms with Gasteiger partial charge >= 0.3 is 5.97 Å². The van der Waals surface area contributed by atoms with Crippen molar-refractivity contribution < 1.29 is 9.53 Å². The van der Waals surface area contributed by atoms with Crippen LogP contribution in [0.2, 0.25) is 0 Å². The average Bonchev–Trinajstić information content (AvgIpc) is 3.32. The molecule has 3 aromatic heterocycles. The van der Waals surface area contributed by atoms with Crippen molar-refractivity contribution in [3.63, 3.8) is 0 Å². The van der Waals surface area contributed by atoms with Crippen LogP contribution in [-0.2, 0) is 18.4 Å². The van der Waals surface area contributed by atoms with Crippen molar-refractivity contribution in [3.8, 4) is 5.69 Å². The van der Waals surface area contributed by atoms with Gasteiger partial charge in [-0.1, -0.05) is 18.2 Å². The predicted molar refractivity (Wildman–Crippen MR) is 91.6 cm³/mol. The molecule has 9 heteroatoms. The summed E-state index contributed by atoms with van der Waals surface area (Å²) in [7, 11) is 1.86. The van der Waals surface area contributed by atoms with E-state index >= 15 is 0 Å². The van der Waals surface area contributed by atoms with Crippen molar-refractivity contribution in [2.75, 3.05) is 0 Å². The maximum absolute atomic E-state index is 12.4. The van der Waals surface area contributed by atoms with E-state index in [1.165, 1.54) is 11.3 Å². The zero-order chi connectivity index (χ0) is 17.4. The molecule has 8 nitrogen and oxygen atoms in total. The lowest BCUT2D eigenvalue weighted by Gasteiger charge is -2.05. The molecule has 0 saturated carbocycles. The Kier molecular flexibility index (Phi) is 3.77. The number of fused-ring (bicyclic) bond motifs is 1. The summed E-state index contributed by atoms with van der Waals surface area (Å²) in [6.07, 6.45) is 0. The highest BCUT2D eigenvalue weighted by atomic mass is 32.1. The standard InChI is InChI=1S/C16H14N6O2S/c1-10-12-8-13(25-15(12)21(2)18-10)16(23)24-9-14-17-19-20-22(14)11-6-4-3-5-7-11/h3-8H,9H2,1-2H3. The summed E-state index contributed by atoms with van der Waals surface area (Å²) in [5, 5.41) is 16.8. The first-order chi connectivity index (χ1) is 12.1. The van der Waals surface area contributed by atoms with Crippen LogP contribution in [0.15, 0.2) is 36.4 Å². The molecule has 3 heterocycles. The Labute approximate surface area is 146 Å². The molecule has 126 valence electrons. The molecule has 1 aromatic carbocycles. The summed E-state index contributed by atoms with van der Waals surface area (Å²) in [6.45, 7) is 1.91. The molecule has 0 unspecified atom stereocenters. The van der Waals surface area contributed by atoms with E-state index in [0.717, 1.165) is 21.6 Å². The molecule has 0 spiro atoms. The molecular weight excluding hydrogens is 340 g/mol. The Hall–Kier alpha value is -3.07. The minimum absolute atomic E-state index is 0.00773. The van der Waals surface area contributed by atoms with Crippen molar-refractivity contribution >= 4 is 27.5 Å². The first kappa shape index (κ1) is 15.5. The smallest absolute Gasteiger partial charge is 0.348 e. The van der Waals surface area contributed by atoms with Crippen molar-refractivity contribution in [1.29, 1.82) is 0 Å². The number of aromatic nitrogens is 6. The molecule has 0 atom stereocenters. The van der Waals surface area contributed by atoms with E-state index in [0.29, 0.717) is 10.7 Å². The van der Waals surface area contributed by atoms with Crippen molar-refractivity contribution in [2.45, 2.75) is 13.5 Å². The fourth-order valence-corrected chi connectivity index (χ4v) is 3.59. The van der Waals surface area contributed by atoms with E-state index in [9.17, 15) is 4.79 Å². The third kappa shape index (κ3) is 2.78. The Bertz CT molecular complexity index is 1010. The highest BCUT2D eigenvalue weighted by Crippen LogP contribution is 2.28. The second-order valence-corrected chi connectivity index (χ2v) is 6.49. The van der Waals surface area contributed by atoms with Crippen LogP contribution in [0.25, 0.3) is 15.9 Å². The van der Waals surface area contributed by atoms with E-state index in [1.54, 1.807) is 9.36 Å². The van der Waals surface area contributed by atoms with Gasteiger partial charge in [0.15, 0.2) is 12.4 Å².